The molecule has 0 saturated carbocycles. The van der Waals surface area contributed by atoms with Crippen LogP contribution in [0.4, 0.5) is 8.78 Å². The number of benzene rings is 2. The Bertz CT molecular complexity index is 1180. The van der Waals surface area contributed by atoms with E-state index in [9.17, 15) is 13.6 Å². The third-order valence-corrected chi connectivity index (χ3v) is 4.31. The molecule has 0 radical (unpaired) electrons. The molecule has 7 heteroatoms. The summed E-state index contributed by atoms with van der Waals surface area (Å²) in [5.74, 6) is -1.64. The number of H-pyrrole nitrogens is 1. The molecular formula is C19H12ClF2N3O. The highest BCUT2D eigenvalue weighted by Crippen LogP contribution is 2.26. The van der Waals surface area contributed by atoms with Gasteiger partial charge in [0.05, 0.1) is 16.6 Å². The fourth-order valence-corrected chi connectivity index (χ4v) is 3.11. The van der Waals surface area contributed by atoms with Crippen molar-refractivity contribution in [1.29, 1.82) is 0 Å². The smallest absolute Gasteiger partial charge is 0.258 e. The zero-order valence-electron chi connectivity index (χ0n) is 13.3. The molecule has 0 spiro atoms. The molecule has 2 aromatic heterocycles. The SMILES string of the molecule is O=c1[nH]cccc1-c1nc2cc(F)c(F)cc2n1Cc1cccc(Cl)c1. The minimum absolute atomic E-state index is 0.268. The molecule has 0 aliphatic heterocycles. The van der Waals surface area contributed by atoms with E-state index in [0.29, 0.717) is 28.5 Å². The molecule has 4 nitrogen and oxygen atoms in total. The molecule has 0 saturated heterocycles. The van der Waals surface area contributed by atoms with E-state index in [1.165, 1.54) is 6.20 Å². The molecule has 130 valence electrons. The Morgan fingerprint density at radius 1 is 1.08 bits per heavy atom. The molecule has 2 aromatic carbocycles. The molecule has 0 atom stereocenters. The first kappa shape index (κ1) is 16.5. The van der Waals surface area contributed by atoms with E-state index in [2.05, 4.69) is 9.97 Å². The van der Waals surface area contributed by atoms with Crippen molar-refractivity contribution in [2.45, 2.75) is 6.54 Å². The van der Waals surface area contributed by atoms with Crippen LogP contribution in [-0.2, 0) is 6.54 Å². The van der Waals surface area contributed by atoms with Crippen molar-refractivity contribution < 1.29 is 8.78 Å². The van der Waals surface area contributed by atoms with E-state index < -0.39 is 11.6 Å². The number of pyridine rings is 1. The third kappa shape index (κ3) is 2.88. The van der Waals surface area contributed by atoms with Crippen LogP contribution >= 0.6 is 11.6 Å². The largest absolute Gasteiger partial charge is 0.328 e. The van der Waals surface area contributed by atoms with Crippen LogP contribution in [0.25, 0.3) is 22.4 Å². The Balaban J connectivity index is 1.98. The standard InChI is InChI=1S/C19H12ClF2N3O/c20-12-4-1-3-11(7-12)10-25-17-9-15(22)14(21)8-16(17)24-18(25)13-5-2-6-23-19(13)26/h1-9H,10H2,(H,23,26). The van der Waals surface area contributed by atoms with Crippen molar-refractivity contribution in [2.75, 3.05) is 0 Å². The summed E-state index contributed by atoms with van der Waals surface area (Å²) in [6.07, 6.45) is 1.51. The van der Waals surface area contributed by atoms with Crippen LogP contribution in [-0.4, -0.2) is 14.5 Å². The zero-order valence-corrected chi connectivity index (χ0v) is 14.1. The number of aromatic amines is 1. The van der Waals surface area contributed by atoms with Gasteiger partial charge in [-0.05, 0) is 29.8 Å². The van der Waals surface area contributed by atoms with E-state index in [4.69, 9.17) is 11.6 Å². The van der Waals surface area contributed by atoms with Gasteiger partial charge in [-0.2, -0.15) is 0 Å². The van der Waals surface area contributed by atoms with Crippen molar-refractivity contribution in [3.8, 4) is 11.4 Å². The maximum atomic E-state index is 13.8. The first-order valence-corrected chi connectivity index (χ1v) is 8.18. The molecule has 2 heterocycles. The highest BCUT2D eigenvalue weighted by atomic mass is 35.5. The molecule has 26 heavy (non-hydrogen) atoms. The van der Waals surface area contributed by atoms with Gasteiger partial charge < -0.3 is 9.55 Å². The maximum absolute atomic E-state index is 13.8. The highest BCUT2D eigenvalue weighted by Gasteiger charge is 2.18. The van der Waals surface area contributed by atoms with Crippen molar-refractivity contribution in [3.05, 3.63) is 87.3 Å². The van der Waals surface area contributed by atoms with Gasteiger partial charge in [0.25, 0.3) is 5.56 Å². The van der Waals surface area contributed by atoms with Gasteiger partial charge in [-0.25, -0.2) is 13.8 Å². The van der Waals surface area contributed by atoms with Crippen molar-refractivity contribution in [3.63, 3.8) is 0 Å². The first-order chi connectivity index (χ1) is 12.5. The minimum Gasteiger partial charge on any atom is -0.328 e. The number of hydrogen-bond acceptors (Lipinski definition) is 2. The van der Waals surface area contributed by atoms with Crippen molar-refractivity contribution in [2.24, 2.45) is 0 Å². The number of rotatable bonds is 3. The van der Waals surface area contributed by atoms with E-state index in [-0.39, 0.29) is 11.1 Å². The van der Waals surface area contributed by atoms with Crippen LogP contribution in [0.3, 0.4) is 0 Å². The van der Waals surface area contributed by atoms with Gasteiger partial charge in [0.2, 0.25) is 0 Å². The highest BCUT2D eigenvalue weighted by molar-refractivity contribution is 6.30. The van der Waals surface area contributed by atoms with Crippen LogP contribution in [0.2, 0.25) is 5.02 Å². The molecule has 0 aliphatic carbocycles. The van der Waals surface area contributed by atoms with E-state index in [1.807, 2.05) is 6.07 Å². The van der Waals surface area contributed by atoms with Gasteiger partial charge in [-0.3, -0.25) is 4.79 Å². The quantitative estimate of drug-likeness (QED) is 0.581. The molecule has 0 bridgehead atoms. The average molecular weight is 372 g/mol. The lowest BCUT2D eigenvalue weighted by Gasteiger charge is -2.10. The normalized spacial score (nSPS) is 11.2. The molecule has 0 aliphatic rings. The lowest BCUT2D eigenvalue weighted by atomic mass is 10.2. The van der Waals surface area contributed by atoms with Gasteiger partial charge in [0, 0.05) is 29.9 Å². The minimum atomic E-state index is -0.988. The lowest BCUT2D eigenvalue weighted by molar-refractivity contribution is 0.510. The predicted octanol–water partition coefficient (Wildman–Crippen LogP) is 4.37. The Labute approximate surface area is 151 Å². The monoisotopic (exact) mass is 371 g/mol. The summed E-state index contributed by atoms with van der Waals surface area (Å²) in [4.78, 5) is 19.2. The molecule has 0 amide bonds. The van der Waals surface area contributed by atoms with Gasteiger partial charge >= 0.3 is 0 Å². The summed E-state index contributed by atoms with van der Waals surface area (Å²) in [7, 11) is 0. The van der Waals surface area contributed by atoms with Crippen molar-refractivity contribution in [1.82, 2.24) is 14.5 Å². The molecule has 1 N–H and O–H groups in total. The summed E-state index contributed by atoms with van der Waals surface area (Å²) in [5, 5.41) is 0.559. The Kier molecular flexibility index (Phi) is 4.05. The van der Waals surface area contributed by atoms with Gasteiger partial charge in [0.1, 0.15) is 5.82 Å². The predicted molar refractivity (Wildman–Crippen MR) is 96.3 cm³/mol. The third-order valence-electron chi connectivity index (χ3n) is 4.08. The number of hydrogen-bond donors (Lipinski definition) is 1. The zero-order chi connectivity index (χ0) is 18.3. The topological polar surface area (TPSA) is 50.7 Å². The second kappa shape index (κ2) is 6.38. The van der Waals surface area contributed by atoms with Crippen LogP contribution in [0, 0.1) is 11.6 Å². The number of aromatic nitrogens is 3. The Hall–Kier alpha value is -2.99. The number of fused-ring (bicyclic) bond motifs is 1. The maximum Gasteiger partial charge on any atom is 0.258 e. The van der Waals surface area contributed by atoms with Crippen LogP contribution in [0.5, 0.6) is 0 Å². The summed E-state index contributed by atoms with van der Waals surface area (Å²) < 4.78 is 29.1. The Morgan fingerprint density at radius 2 is 1.88 bits per heavy atom. The summed E-state index contributed by atoms with van der Waals surface area (Å²) >= 11 is 6.04. The van der Waals surface area contributed by atoms with Gasteiger partial charge in [-0.1, -0.05) is 23.7 Å². The van der Waals surface area contributed by atoms with E-state index in [0.717, 1.165) is 17.7 Å². The molecular weight excluding hydrogens is 360 g/mol. The molecule has 4 rings (SSSR count). The molecule has 0 fully saturated rings. The van der Waals surface area contributed by atoms with Gasteiger partial charge in [-0.15, -0.1) is 0 Å². The van der Waals surface area contributed by atoms with Gasteiger partial charge in [0.15, 0.2) is 11.6 Å². The number of nitrogens with zero attached hydrogens (tertiary/aromatic N) is 2. The van der Waals surface area contributed by atoms with Crippen molar-refractivity contribution >= 4 is 22.6 Å². The number of imidazole rings is 1. The van der Waals surface area contributed by atoms with Crippen LogP contribution in [0.1, 0.15) is 5.56 Å². The van der Waals surface area contributed by atoms with E-state index in [1.54, 1.807) is 34.9 Å². The average Bonchev–Trinajstić information content (AvgIpc) is 2.93. The lowest BCUT2D eigenvalue weighted by Crippen LogP contribution is -2.11. The number of halogens is 3. The molecule has 0 unspecified atom stereocenters. The summed E-state index contributed by atoms with van der Waals surface area (Å²) in [6, 6.07) is 12.6. The first-order valence-electron chi connectivity index (χ1n) is 7.81. The molecule has 4 aromatic rings. The fourth-order valence-electron chi connectivity index (χ4n) is 2.90. The van der Waals surface area contributed by atoms with Crippen LogP contribution in [0.15, 0.2) is 59.5 Å². The number of nitrogens with one attached hydrogen (secondary N) is 1. The summed E-state index contributed by atoms with van der Waals surface area (Å²) in [5.41, 5.74) is 1.48. The fraction of sp³-hybridized carbons (Fsp3) is 0.0526. The second-order valence-corrected chi connectivity index (χ2v) is 6.26. The Morgan fingerprint density at radius 3 is 2.65 bits per heavy atom. The van der Waals surface area contributed by atoms with Crippen LogP contribution < -0.4 is 5.56 Å². The summed E-state index contributed by atoms with van der Waals surface area (Å²) in [6.45, 7) is 0.297. The van der Waals surface area contributed by atoms with E-state index >= 15 is 0 Å². The second-order valence-electron chi connectivity index (χ2n) is 5.82.